The lowest BCUT2D eigenvalue weighted by Crippen LogP contribution is -2.52. The Balaban J connectivity index is 1.83. The maximum atomic E-state index is 12.2. The minimum Gasteiger partial charge on any atom is -0.481 e. The van der Waals surface area contributed by atoms with Gasteiger partial charge in [-0.25, -0.2) is 4.79 Å². The lowest BCUT2D eigenvalue weighted by Gasteiger charge is -2.37. The molecule has 2 aliphatic carbocycles. The van der Waals surface area contributed by atoms with Crippen LogP contribution in [0, 0.1) is 5.92 Å². The first-order valence-electron chi connectivity index (χ1n) is 7.02. The Morgan fingerprint density at radius 3 is 2.42 bits per heavy atom. The second-order valence-electron chi connectivity index (χ2n) is 5.50. The first-order valence-corrected chi connectivity index (χ1v) is 7.02. The summed E-state index contributed by atoms with van der Waals surface area (Å²) >= 11 is 0. The molecule has 2 atom stereocenters. The largest absolute Gasteiger partial charge is 0.481 e. The third-order valence-electron chi connectivity index (χ3n) is 4.23. The summed E-state index contributed by atoms with van der Waals surface area (Å²) in [5.74, 6) is -1.11. The molecule has 3 N–H and O–H groups in total. The maximum absolute atomic E-state index is 12.2. The second-order valence-corrected chi connectivity index (χ2v) is 5.50. The summed E-state index contributed by atoms with van der Waals surface area (Å²) in [6.45, 7) is 0.317. The van der Waals surface area contributed by atoms with Crippen molar-refractivity contribution in [3.63, 3.8) is 0 Å². The molecule has 6 heteroatoms. The standard InChI is InChI=1S/C13H22N2O4/c16-7-6-15(11-2-1-3-11)13(19)14-10-5-4-9(8-10)12(17)18/h9-11,16H,1-8H2,(H,14,19)(H,17,18)/t9-,10+/m1/s1. The molecule has 0 aromatic heterocycles. The van der Waals surface area contributed by atoms with Gasteiger partial charge in [0, 0.05) is 18.6 Å². The fourth-order valence-corrected chi connectivity index (χ4v) is 2.85. The van der Waals surface area contributed by atoms with Gasteiger partial charge in [-0.2, -0.15) is 0 Å². The van der Waals surface area contributed by atoms with Crippen LogP contribution in [0.15, 0.2) is 0 Å². The Kier molecular flexibility index (Phi) is 4.63. The van der Waals surface area contributed by atoms with E-state index in [0.29, 0.717) is 19.4 Å². The molecule has 0 unspecified atom stereocenters. The number of nitrogens with zero attached hydrogens (tertiary/aromatic N) is 1. The van der Waals surface area contributed by atoms with E-state index in [4.69, 9.17) is 10.2 Å². The van der Waals surface area contributed by atoms with E-state index in [1.165, 1.54) is 0 Å². The number of amides is 2. The highest BCUT2D eigenvalue weighted by molar-refractivity contribution is 5.75. The van der Waals surface area contributed by atoms with Gasteiger partial charge in [0.05, 0.1) is 12.5 Å². The number of aliphatic carboxylic acids is 1. The number of rotatable bonds is 5. The first-order chi connectivity index (χ1) is 9.11. The molecule has 2 saturated carbocycles. The number of carbonyl (C=O) groups is 2. The van der Waals surface area contributed by atoms with Crippen molar-refractivity contribution in [1.82, 2.24) is 10.2 Å². The van der Waals surface area contributed by atoms with Crippen LogP contribution in [0.3, 0.4) is 0 Å². The van der Waals surface area contributed by atoms with E-state index in [0.717, 1.165) is 25.7 Å². The molecule has 19 heavy (non-hydrogen) atoms. The number of aliphatic hydroxyl groups is 1. The summed E-state index contributed by atoms with van der Waals surface area (Å²) in [6, 6.07) is 0.0356. The van der Waals surface area contributed by atoms with Gasteiger partial charge in [0.2, 0.25) is 0 Å². The van der Waals surface area contributed by atoms with Crippen molar-refractivity contribution in [2.45, 2.75) is 50.6 Å². The highest BCUT2D eigenvalue weighted by Gasteiger charge is 2.33. The van der Waals surface area contributed by atoms with E-state index in [9.17, 15) is 9.59 Å². The summed E-state index contributed by atoms with van der Waals surface area (Å²) in [6.07, 6.45) is 4.98. The Morgan fingerprint density at radius 1 is 1.21 bits per heavy atom. The summed E-state index contributed by atoms with van der Waals surface area (Å²) in [5, 5.41) is 20.9. The number of aliphatic hydroxyl groups excluding tert-OH is 1. The fraction of sp³-hybridized carbons (Fsp3) is 0.846. The van der Waals surface area contributed by atoms with Crippen molar-refractivity contribution in [1.29, 1.82) is 0 Å². The van der Waals surface area contributed by atoms with Crippen LogP contribution in [0.4, 0.5) is 4.79 Å². The number of hydrogen-bond acceptors (Lipinski definition) is 3. The lowest BCUT2D eigenvalue weighted by atomic mass is 9.91. The van der Waals surface area contributed by atoms with E-state index < -0.39 is 5.97 Å². The average molecular weight is 270 g/mol. The van der Waals surface area contributed by atoms with Gasteiger partial charge in [-0.05, 0) is 38.5 Å². The summed E-state index contributed by atoms with van der Waals surface area (Å²) < 4.78 is 0. The Bertz CT molecular complexity index is 344. The quantitative estimate of drug-likeness (QED) is 0.689. The van der Waals surface area contributed by atoms with Crippen molar-refractivity contribution < 1.29 is 19.8 Å². The normalized spacial score (nSPS) is 26.8. The van der Waals surface area contributed by atoms with Gasteiger partial charge in [0.25, 0.3) is 0 Å². The minimum absolute atomic E-state index is 0.0354. The van der Waals surface area contributed by atoms with Crippen LogP contribution in [0.2, 0.25) is 0 Å². The third kappa shape index (κ3) is 3.37. The van der Waals surface area contributed by atoms with E-state index >= 15 is 0 Å². The molecule has 108 valence electrons. The average Bonchev–Trinajstić information content (AvgIpc) is 2.74. The number of urea groups is 1. The van der Waals surface area contributed by atoms with Crippen molar-refractivity contribution >= 4 is 12.0 Å². The minimum atomic E-state index is -0.775. The molecule has 0 saturated heterocycles. The van der Waals surface area contributed by atoms with Crippen LogP contribution in [-0.2, 0) is 4.79 Å². The lowest BCUT2D eigenvalue weighted by molar-refractivity contribution is -0.141. The molecule has 2 aliphatic rings. The fourth-order valence-electron chi connectivity index (χ4n) is 2.85. The highest BCUT2D eigenvalue weighted by Crippen LogP contribution is 2.27. The van der Waals surface area contributed by atoms with Crippen molar-refractivity contribution in [3.8, 4) is 0 Å². The van der Waals surface area contributed by atoms with Crippen LogP contribution in [0.1, 0.15) is 38.5 Å². The molecule has 0 aromatic rings. The number of carboxylic acid groups (broad SMARTS) is 1. The zero-order valence-electron chi connectivity index (χ0n) is 11.0. The van der Waals surface area contributed by atoms with E-state index in [2.05, 4.69) is 5.32 Å². The summed E-state index contributed by atoms with van der Waals surface area (Å²) in [5.41, 5.74) is 0. The summed E-state index contributed by atoms with van der Waals surface area (Å²) in [7, 11) is 0. The monoisotopic (exact) mass is 270 g/mol. The molecule has 2 amide bonds. The molecule has 2 fully saturated rings. The second kappa shape index (κ2) is 6.23. The highest BCUT2D eigenvalue weighted by atomic mass is 16.4. The van der Waals surface area contributed by atoms with Crippen LogP contribution in [-0.4, -0.2) is 52.3 Å². The number of carbonyl (C=O) groups excluding carboxylic acids is 1. The van der Waals surface area contributed by atoms with Gasteiger partial charge >= 0.3 is 12.0 Å². The molecule has 6 nitrogen and oxygen atoms in total. The van der Waals surface area contributed by atoms with E-state index in [-0.39, 0.29) is 30.6 Å². The Hall–Kier alpha value is -1.30. The number of carboxylic acids is 1. The molecule has 0 spiro atoms. The SMILES string of the molecule is O=C(O)[C@@H]1CC[C@H](NC(=O)N(CCO)C2CCC2)C1. The molecule has 0 heterocycles. The van der Waals surface area contributed by atoms with Crippen molar-refractivity contribution in [2.75, 3.05) is 13.2 Å². The molecule has 0 aliphatic heterocycles. The van der Waals surface area contributed by atoms with Crippen molar-refractivity contribution in [3.05, 3.63) is 0 Å². The zero-order valence-corrected chi connectivity index (χ0v) is 11.0. The Labute approximate surface area is 112 Å². The van der Waals surface area contributed by atoms with Gasteiger partial charge in [-0.1, -0.05) is 0 Å². The molecule has 2 rings (SSSR count). The topological polar surface area (TPSA) is 89.9 Å². The van der Waals surface area contributed by atoms with Gasteiger partial charge in [0.1, 0.15) is 0 Å². The number of nitrogens with one attached hydrogen (secondary N) is 1. The van der Waals surface area contributed by atoms with Gasteiger partial charge in [-0.3, -0.25) is 4.79 Å². The van der Waals surface area contributed by atoms with Crippen LogP contribution >= 0.6 is 0 Å². The maximum Gasteiger partial charge on any atom is 0.317 e. The van der Waals surface area contributed by atoms with Crippen LogP contribution in [0.25, 0.3) is 0 Å². The smallest absolute Gasteiger partial charge is 0.317 e. The zero-order chi connectivity index (χ0) is 13.8. The van der Waals surface area contributed by atoms with Gasteiger partial charge in [0.15, 0.2) is 0 Å². The summed E-state index contributed by atoms with van der Waals surface area (Å²) in [4.78, 5) is 24.7. The number of hydrogen-bond donors (Lipinski definition) is 3. The van der Waals surface area contributed by atoms with Crippen LogP contribution in [0.5, 0.6) is 0 Å². The molecule has 0 radical (unpaired) electrons. The predicted octanol–water partition coefficient (Wildman–Crippen LogP) is 0.796. The molecule has 0 bridgehead atoms. The first kappa shape index (κ1) is 14.1. The van der Waals surface area contributed by atoms with Crippen LogP contribution < -0.4 is 5.32 Å². The molecule has 0 aromatic carbocycles. The van der Waals surface area contributed by atoms with E-state index in [1.54, 1.807) is 4.90 Å². The Morgan fingerprint density at radius 2 is 1.95 bits per heavy atom. The predicted molar refractivity (Wildman–Crippen MR) is 68.7 cm³/mol. The van der Waals surface area contributed by atoms with Crippen molar-refractivity contribution in [2.24, 2.45) is 5.92 Å². The van der Waals surface area contributed by atoms with Gasteiger partial charge < -0.3 is 20.4 Å². The molecular formula is C13H22N2O4. The van der Waals surface area contributed by atoms with E-state index in [1.807, 2.05) is 0 Å². The van der Waals surface area contributed by atoms with Gasteiger partial charge in [-0.15, -0.1) is 0 Å². The third-order valence-corrected chi connectivity index (χ3v) is 4.23. The molecular weight excluding hydrogens is 248 g/mol.